The predicted molar refractivity (Wildman–Crippen MR) is 49.5 cm³/mol. The molecule has 0 N–H and O–H groups in total. The van der Waals surface area contributed by atoms with Crippen molar-refractivity contribution in [3.8, 4) is 0 Å². The number of alkyl halides is 4. The molecule has 0 fully saturated rings. The lowest BCUT2D eigenvalue weighted by Gasteiger charge is -2.09. The Morgan fingerprint density at radius 2 is 2.07 bits per heavy atom. The average molecular weight is 242 g/mol. The van der Waals surface area contributed by atoms with Gasteiger partial charge in [0.15, 0.2) is 5.69 Å². The van der Waals surface area contributed by atoms with Crippen LogP contribution in [0.4, 0.5) is 13.2 Å². The van der Waals surface area contributed by atoms with Gasteiger partial charge in [-0.15, -0.1) is 16.7 Å². The molecule has 0 aliphatic heterocycles. The fourth-order valence-corrected chi connectivity index (χ4v) is 1.39. The number of hydrogen-bond donors (Lipinski definition) is 0. The quantitative estimate of drug-likeness (QED) is 0.759. The Hall–Kier alpha value is -0.780. The van der Waals surface area contributed by atoms with Gasteiger partial charge in [-0.05, 0) is 6.42 Å². The van der Waals surface area contributed by atoms with E-state index in [9.17, 15) is 13.2 Å². The molecule has 0 aromatic carbocycles. The van der Waals surface area contributed by atoms with Gasteiger partial charge >= 0.3 is 6.18 Å². The molecule has 0 saturated heterocycles. The van der Waals surface area contributed by atoms with Gasteiger partial charge in [-0.3, -0.25) is 0 Å². The molecule has 0 spiro atoms. The largest absolute Gasteiger partial charge is 0.434 e. The zero-order valence-corrected chi connectivity index (χ0v) is 8.94. The summed E-state index contributed by atoms with van der Waals surface area (Å²) in [4.78, 5) is 0. The molecule has 86 valence electrons. The highest BCUT2D eigenvalue weighted by molar-refractivity contribution is 6.16. The lowest BCUT2D eigenvalue weighted by molar-refractivity contribution is -0.144. The molecular weight excluding hydrogens is 231 g/mol. The van der Waals surface area contributed by atoms with E-state index in [-0.39, 0.29) is 18.1 Å². The van der Waals surface area contributed by atoms with Crippen LogP contribution in [0.25, 0.3) is 0 Å². The highest BCUT2D eigenvalue weighted by atomic mass is 35.5. The van der Waals surface area contributed by atoms with Crippen molar-refractivity contribution in [2.75, 3.05) is 0 Å². The van der Waals surface area contributed by atoms with E-state index in [1.54, 1.807) is 0 Å². The summed E-state index contributed by atoms with van der Waals surface area (Å²) < 4.78 is 38.7. The number of unbranched alkanes of at least 4 members (excludes halogenated alkanes) is 1. The first-order valence-electron chi connectivity index (χ1n) is 4.56. The number of aromatic nitrogens is 3. The van der Waals surface area contributed by atoms with Gasteiger partial charge in [-0.25, -0.2) is 4.68 Å². The Morgan fingerprint density at radius 3 is 2.53 bits per heavy atom. The van der Waals surface area contributed by atoms with Gasteiger partial charge in [0.05, 0.1) is 5.88 Å². The summed E-state index contributed by atoms with van der Waals surface area (Å²) in [6, 6.07) is 0. The lowest BCUT2D eigenvalue weighted by Crippen LogP contribution is -2.16. The van der Waals surface area contributed by atoms with Crippen molar-refractivity contribution in [1.29, 1.82) is 0 Å². The minimum atomic E-state index is -4.44. The highest BCUT2D eigenvalue weighted by Crippen LogP contribution is 2.31. The summed E-state index contributed by atoms with van der Waals surface area (Å²) in [7, 11) is 0. The van der Waals surface area contributed by atoms with E-state index in [2.05, 4.69) is 10.3 Å². The van der Waals surface area contributed by atoms with Gasteiger partial charge < -0.3 is 0 Å². The van der Waals surface area contributed by atoms with Crippen molar-refractivity contribution in [2.45, 2.75) is 38.4 Å². The van der Waals surface area contributed by atoms with Crippen molar-refractivity contribution < 1.29 is 13.2 Å². The molecule has 7 heteroatoms. The number of rotatable bonds is 4. The number of hydrogen-bond acceptors (Lipinski definition) is 2. The molecule has 0 atom stereocenters. The Labute approximate surface area is 90.2 Å². The monoisotopic (exact) mass is 241 g/mol. The maximum absolute atomic E-state index is 12.6. The first-order chi connectivity index (χ1) is 7.00. The third-order valence-corrected chi connectivity index (χ3v) is 2.18. The van der Waals surface area contributed by atoms with Crippen LogP contribution in [0, 0.1) is 0 Å². The summed E-state index contributed by atoms with van der Waals surface area (Å²) in [5.41, 5.74) is -1.04. The minimum absolute atomic E-state index is 0.208. The second-order valence-electron chi connectivity index (χ2n) is 3.09. The van der Waals surface area contributed by atoms with E-state index < -0.39 is 11.9 Å². The predicted octanol–water partition coefficient (Wildman–Crippen LogP) is 2.84. The molecule has 1 heterocycles. The number of aryl methyl sites for hydroxylation is 1. The van der Waals surface area contributed by atoms with Gasteiger partial charge in [0.25, 0.3) is 0 Å². The van der Waals surface area contributed by atoms with Gasteiger partial charge in [-0.2, -0.15) is 13.2 Å². The summed E-state index contributed by atoms with van der Waals surface area (Å²) >= 11 is 5.37. The maximum Gasteiger partial charge on any atom is 0.434 e. The van der Waals surface area contributed by atoms with Crippen molar-refractivity contribution >= 4 is 11.6 Å². The third kappa shape index (κ3) is 2.84. The first-order valence-corrected chi connectivity index (χ1v) is 5.09. The topological polar surface area (TPSA) is 30.7 Å². The Balaban J connectivity index is 3.01. The molecule has 0 aliphatic rings. The van der Waals surface area contributed by atoms with Crippen LogP contribution in [0.1, 0.15) is 31.2 Å². The molecular formula is C8H11ClF3N3. The van der Waals surface area contributed by atoms with Crippen LogP contribution in [0.3, 0.4) is 0 Å². The zero-order chi connectivity index (χ0) is 11.5. The molecule has 0 amide bonds. The van der Waals surface area contributed by atoms with E-state index in [0.717, 1.165) is 11.1 Å². The van der Waals surface area contributed by atoms with Crippen LogP contribution in [-0.4, -0.2) is 15.0 Å². The van der Waals surface area contributed by atoms with Crippen molar-refractivity contribution in [3.63, 3.8) is 0 Å². The van der Waals surface area contributed by atoms with Gasteiger partial charge in [0.2, 0.25) is 0 Å². The molecule has 15 heavy (non-hydrogen) atoms. The molecule has 0 unspecified atom stereocenters. The van der Waals surface area contributed by atoms with E-state index >= 15 is 0 Å². The van der Waals surface area contributed by atoms with Crippen molar-refractivity contribution in [1.82, 2.24) is 15.0 Å². The van der Waals surface area contributed by atoms with Gasteiger partial charge in [0, 0.05) is 6.54 Å². The van der Waals surface area contributed by atoms with Crippen LogP contribution in [0.5, 0.6) is 0 Å². The van der Waals surface area contributed by atoms with Crippen LogP contribution in [0.15, 0.2) is 0 Å². The molecule has 0 aliphatic carbocycles. The standard InChI is InChI=1S/C8H11ClF3N3/c1-2-3-4-15-7(8(10,11)12)6(5-9)13-14-15/h2-5H2,1H3. The minimum Gasteiger partial charge on any atom is -0.240 e. The Bertz CT molecular complexity index is 321. The number of nitrogens with zero attached hydrogens (tertiary/aromatic N) is 3. The van der Waals surface area contributed by atoms with E-state index in [1.165, 1.54) is 0 Å². The highest BCUT2D eigenvalue weighted by Gasteiger charge is 2.38. The fourth-order valence-electron chi connectivity index (χ4n) is 1.21. The molecule has 0 bridgehead atoms. The molecule has 3 nitrogen and oxygen atoms in total. The molecule has 1 rings (SSSR count). The van der Waals surface area contributed by atoms with Crippen LogP contribution >= 0.6 is 11.6 Å². The van der Waals surface area contributed by atoms with E-state index in [1.807, 2.05) is 6.92 Å². The average Bonchev–Trinajstić information content (AvgIpc) is 2.56. The fraction of sp³-hybridized carbons (Fsp3) is 0.750. The van der Waals surface area contributed by atoms with Crippen LogP contribution in [0.2, 0.25) is 0 Å². The molecule has 0 saturated carbocycles. The van der Waals surface area contributed by atoms with Gasteiger partial charge in [0.1, 0.15) is 5.69 Å². The molecule has 1 aromatic heterocycles. The van der Waals surface area contributed by atoms with E-state index in [4.69, 9.17) is 11.6 Å². The Kier molecular flexibility index (Phi) is 3.96. The first kappa shape index (κ1) is 12.3. The molecule has 1 aromatic rings. The second-order valence-corrected chi connectivity index (χ2v) is 3.36. The maximum atomic E-state index is 12.6. The van der Waals surface area contributed by atoms with E-state index in [0.29, 0.717) is 6.42 Å². The molecule has 0 radical (unpaired) electrons. The second kappa shape index (κ2) is 4.83. The normalized spacial score (nSPS) is 12.1. The van der Waals surface area contributed by atoms with Crippen LogP contribution in [-0.2, 0) is 18.6 Å². The van der Waals surface area contributed by atoms with Crippen molar-refractivity contribution in [2.24, 2.45) is 0 Å². The third-order valence-electron chi connectivity index (χ3n) is 1.92. The van der Waals surface area contributed by atoms with Crippen LogP contribution < -0.4 is 0 Å². The van der Waals surface area contributed by atoms with Crippen molar-refractivity contribution in [3.05, 3.63) is 11.4 Å². The Morgan fingerprint density at radius 1 is 1.40 bits per heavy atom. The summed E-state index contributed by atoms with van der Waals surface area (Å²) in [5, 5.41) is 6.87. The summed E-state index contributed by atoms with van der Waals surface area (Å²) in [5.74, 6) is -0.277. The van der Waals surface area contributed by atoms with Gasteiger partial charge in [-0.1, -0.05) is 18.6 Å². The SMILES string of the molecule is CCCCn1nnc(CCl)c1C(F)(F)F. The summed E-state index contributed by atoms with van der Waals surface area (Å²) in [6.07, 6.45) is -3.01. The smallest absolute Gasteiger partial charge is 0.240 e. The zero-order valence-electron chi connectivity index (χ0n) is 8.18. The number of halogens is 4. The summed E-state index contributed by atoms with van der Waals surface area (Å²) in [6.45, 7) is 2.11. The lowest BCUT2D eigenvalue weighted by atomic mass is 10.3.